The number of aliphatic hydroxyl groups is 1. The van der Waals surface area contributed by atoms with Gasteiger partial charge in [-0.05, 0) is 12.8 Å². The molecule has 100 valence electrons. The molecule has 0 amide bonds. The van der Waals surface area contributed by atoms with Crippen molar-refractivity contribution >= 4 is 11.8 Å². The van der Waals surface area contributed by atoms with Crippen LogP contribution in [0.2, 0.25) is 0 Å². The fourth-order valence-electron chi connectivity index (χ4n) is 2.33. The second-order valence-corrected chi connectivity index (χ2v) is 4.49. The number of aliphatic hydroxyl groups excluding tert-OH is 1. The summed E-state index contributed by atoms with van der Waals surface area (Å²) >= 11 is 0. The first kappa shape index (κ1) is 13.0. The van der Waals surface area contributed by atoms with E-state index in [0.717, 1.165) is 32.2 Å². The summed E-state index contributed by atoms with van der Waals surface area (Å²) in [6.45, 7) is 0.751. The highest BCUT2D eigenvalue weighted by Gasteiger charge is 2.24. The van der Waals surface area contributed by atoms with Crippen LogP contribution in [0.5, 0.6) is 0 Å². The van der Waals surface area contributed by atoms with Crippen molar-refractivity contribution in [1.29, 1.82) is 0 Å². The van der Waals surface area contributed by atoms with Crippen LogP contribution in [0.3, 0.4) is 0 Å². The van der Waals surface area contributed by atoms with Gasteiger partial charge in [-0.15, -0.1) is 0 Å². The van der Waals surface area contributed by atoms with Crippen LogP contribution in [-0.2, 0) is 0 Å². The minimum atomic E-state index is -0.436. The summed E-state index contributed by atoms with van der Waals surface area (Å²) in [7, 11) is 1.70. The number of nitrogens with one attached hydrogen (secondary N) is 1. The number of aromatic nitrogens is 2. The molecule has 0 radical (unpaired) electrons. The van der Waals surface area contributed by atoms with E-state index in [4.69, 9.17) is 0 Å². The van der Waals surface area contributed by atoms with E-state index < -0.39 is 5.82 Å². The third-order valence-electron chi connectivity index (χ3n) is 3.31. The monoisotopic (exact) mass is 254 g/mol. The maximum atomic E-state index is 13.9. The zero-order valence-corrected chi connectivity index (χ0v) is 10.6. The molecule has 1 aliphatic heterocycles. The first-order chi connectivity index (χ1) is 8.76. The van der Waals surface area contributed by atoms with E-state index in [1.54, 1.807) is 7.05 Å². The average Bonchev–Trinajstić information content (AvgIpc) is 2.64. The Morgan fingerprint density at radius 3 is 3.06 bits per heavy atom. The first-order valence-electron chi connectivity index (χ1n) is 6.34. The molecule has 0 bridgehead atoms. The molecule has 5 nitrogen and oxygen atoms in total. The maximum Gasteiger partial charge on any atom is 0.224 e. The highest BCUT2D eigenvalue weighted by molar-refractivity contribution is 5.45. The van der Waals surface area contributed by atoms with Crippen molar-refractivity contribution in [1.82, 2.24) is 9.97 Å². The van der Waals surface area contributed by atoms with E-state index in [9.17, 15) is 9.50 Å². The van der Waals surface area contributed by atoms with Crippen LogP contribution in [0.1, 0.15) is 25.7 Å². The summed E-state index contributed by atoms with van der Waals surface area (Å²) < 4.78 is 13.9. The SMILES string of the molecule is CNc1ncc(F)c(N2CCCCCC2CO)n1. The maximum absolute atomic E-state index is 13.9. The second-order valence-electron chi connectivity index (χ2n) is 4.49. The molecule has 0 spiro atoms. The normalized spacial score (nSPS) is 20.6. The van der Waals surface area contributed by atoms with Crippen LogP contribution < -0.4 is 10.2 Å². The zero-order valence-electron chi connectivity index (χ0n) is 10.6. The quantitative estimate of drug-likeness (QED) is 0.853. The lowest BCUT2D eigenvalue weighted by atomic mass is 10.1. The smallest absolute Gasteiger partial charge is 0.224 e. The Morgan fingerprint density at radius 1 is 1.50 bits per heavy atom. The summed E-state index contributed by atoms with van der Waals surface area (Å²) in [5.41, 5.74) is 0. The van der Waals surface area contributed by atoms with Gasteiger partial charge in [0.2, 0.25) is 5.95 Å². The van der Waals surface area contributed by atoms with Crippen LogP contribution in [-0.4, -0.2) is 41.3 Å². The summed E-state index contributed by atoms with van der Waals surface area (Å²) in [5.74, 6) is 0.247. The Kier molecular flexibility index (Phi) is 4.30. The lowest BCUT2D eigenvalue weighted by molar-refractivity contribution is 0.254. The molecule has 0 aromatic carbocycles. The molecule has 1 aromatic heterocycles. The summed E-state index contributed by atoms with van der Waals surface area (Å²) in [4.78, 5) is 9.88. The van der Waals surface area contributed by atoms with Crippen molar-refractivity contribution in [3.05, 3.63) is 12.0 Å². The largest absolute Gasteiger partial charge is 0.394 e. The third-order valence-corrected chi connectivity index (χ3v) is 3.31. The van der Waals surface area contributed by atoms with E-state index in [1.807, 2.05) is 4.90 Å². The molecule has 1 aromatic rings. The molecule has 1 saturated heterocycles. The van der Waals surface area contributed by atoms with Crippen molar-refractivity contribution in [3.8, 4) is 0 Å². The minimum Gasteiger partial charge on any atom is -0.394 e. The van der Waals surface area contributed by atoms with Gasteiger partial charge in [0.05, 0.1) is 18.8 Å². The standard InChI is InChI=1S/C12H19FN4O/c1-14-12-15-7-10(13)11(16-12)17-6-4-2-3-5-9(17)8-18/h7,9,18H,2-6,8H2,1H3,(H,14,15,16). The summed E-state index contributed by atoms with van der Waals surface area (Å²) in [6.07, 6.45) is 5.21. The van der Waals surface area contributed by atoms with Crippen LogP contribution in [0, 0.1) is 5.82 Å². The molecule has 1 aliphatic rings. The van der Waals surface area contributed by atoms with Crippen LogP contribution in [0.15, 0.2) is 6.20 Å². The molecule has 0 aliphatic carbocycles. The fourth-order valence-corrected chi connectivity index (χ4v) is 2.33. The molecule has 2 rings (SSSR count). The van der Waals surface area contributed by atoms with Crippen molar-refractivity contribution in [2.45, 2.75) is 31.7 Å². The van der Waals surface area contributed by atoms with Gasteiger partial charge in [0.25, 0.3) is 0 Å². The van der Waals surface area contributed by atoms with Gasteiger partial charge < -0.3 is 15.3 Å². The van der Waals surface area contributed by atoms with Gasteiger partial charge in [-0.1, -0.05) is 12.8 Å². The van der Waals surface area contributed by atoms with Gasteiger partial charge in [-0.2, -0.15) is 4.98 Å². The van der Waals surface area contributed by atoms with E-state index >= 15 is 0 Å². The van der Waals surface area contributed by atoms with E-state index in [1.165, 1.54) is 6.20 Å². The minimum absolute atomic E-state index is 0.0261. The van der Waals surface area contributed by atoms with Gasteiger partial charge >= 0.3 is 0 Å². The zero-order chi connectivity index (χ0) is 13.0. The topological polar surface area (TPSA) is 61.3 Å². The molecule has 2 heterocycles. The predicted octanol–water partition coefficient (Wildman–Crippen LogP) is 1.40. The van der Waals surface area contributed by atoms with E-state index in [0.29, 0.717) is 5.95 Å². The molecule has 0 saturated carbocycles. The van der Waals surface area contributed by atoms with E-state index in [-0.39, 0.29) is 18.5 Å². The number of rotatable bonds is 3. The molecular weight excluding hydrogens is 235 g/mol. The predicted molar refractivity (Wildman–Crippen MR) is 68.2 cm³/mol. The van der Waals surface area contributed by atoms with Crippen LogP contribution >= 0.6 is 0 Å². The van der Waals surface area contributed by atoms with Crippen molar-refractivity contribution in [3.63, 3.8) is 0 Å². The number of hydrogen-bond acceptors (Lipinski definition) is 5. The molecule has 1 unspecified atom stereocenters. The van der Waals surface area contributed by atoms with Crippen LogP contribution in [0.25, 0.3) is 0 Å². The van der Waals surface area contributed by atoms with Crippen molar-refractivity contribution in [2.75, 3.05) is 30.4 Å². The Morgan fingerprint density at radius 2 is 2.33 bits per heavy atom. The first-order valence-corrected chi connectivity index (χ1v) is 6.34. The number of halogens is 1. The molecule has 1 atom stereocenters. The van der Waals surface area contributed by atoms with E-state index in [2.05, 4.69) is 15.3 Å². The molecule has 2 N–H and O–H groups in total. The summed E-state index contributed by atoms with van der Waals surface area (Å²) in [5, 5.41) is 12.2. The number of anilines is 2. The highest BCUT2D eigenvalue weighted by Crippen LogP contribution is 2.25. The lowest BCUT2D eigenvalue weighted by Crippen LogP contribution is -2.38. The van der Waals surface area contributed by atoms with Crippen molar-refractivity contribution in [2.24, 2.45) is 0 Å². The molecule has 18 heavy (non-hydrogen) atoms. The molecule has 6 heteroatoms. The Hall–Kier alpha value is -1.43. The molecule has 1 fully saturated rings. The highest BCUT2D eigenvalue weighted by atomic mass is 19.1. The van der Waals surface area contributed by atoms with Gasteiger partial charge in [0.1, 0.15) is 0 Å². The van der Waals surface area contributed by atoms with Gasteiger partial charge in [-0.3, -0.25) is 0 Å². The Balaban J connectivity index is 2.31. The average molecular weight is 254 g/mol. The van der Waals surface area contributed by atoms with Crippen molar-refractivity contribution < 1.29 is 9.50 Å². The van der Waals surface area contributed by atoms with Crippen LogP contribution in [0.4, 0.5) is 16.2 Å². The Bertz CT molecular complexity index is 402. The number of nitrogens with zero attached hydrogens (tertiary/aromatic N) is 3. The second kappa shape index (κ2) is 5.95. The van der Waals surface area contributed by atoms with Gasteiger partial charge in [0, 0.05) is 13.6 Å². The summed E-state index contributed by atoms with van der Waals surface area (Å²) in [6, 6.07) is -0.0541. The third kappa shape index (κ3) is 2.69. The Labute approximate surface area is 106 Å². The fraction of sp³-hybridized carbons (Fsp3) is 0.667. The lowest BCUT2D eigenvalue weighted by Gasteiger charge is -2.29. The van der Waals surface area contributed by atoms with Gasteiger partial charge in [-0.25, -0.2) is 9.37 Å². The van der Waals surface area contributed by atoms with Gasteiger partial charge in [0.15, 0.2) is 11.6 Å². The number of hydrogen-bond donors (Lipinski definition) is 2. The molecular formula is C12H19FN4O.